The second kappa shape index (κ2) is 8.66. The Balaban J connectivity index is 2.37. The quantitative estimate of drug-likeness (QED) is 0.787. The van der Waals surface area contributed by atoms with E-state index in [0.717, 1.165) is 0 Å². The Hall–Kier alpha value is -2.89. The fourth-order valence-corrected chi connectivity index (χ4v) is 4.03. The number of rotatable bonds is 7. The zero-order valence-electron chi connectivity index (χ0n) is 15.4. The van der Waals surface area contributed by atoms with E-state index in [4.69, 9.17) is 10.00 Å². The van der Waals surface area contributed by atoms with Crippen LogP contribution in [0.4, 0.5) is 5.69 Å². The smallest absolute Gasteiger partial charge is 0.255 e. The summed E-state index contributed by atoms with van der Waals surface area (Å²) in [6.45, 7) is 4.21. The number of amides is 1. The number of nitriles is 1. The summed E-state index contributed by atoms with van der Waals surface area (Å²) in [5, 5.41) is 11.5. The second-order valence-electron chi connectivity index (χ2n) is 5.59. The van der Waals surface area contributed by atoms with Crippen LogP contribution in [0.15, 0.2) is 47.4 Å². The van der Waals surface area contributed by atoms with Crippen LogP contribution >= 0.6 is 0 Å². The summed E-state index contributed by atoms with van der Waals surface area (Å²) in [5.74, 6) is -0.0920. The lowest BCUT2D eigenvalue weighted by Gasteiger charge is -2.19. The van der Waals surface area contributed by atoms with Crippen LogP contribution in [0.2, 0.25) is 0 Å². The van der Waals surface area contributed by atoms with Crippen LogP contribution in [0.3, 0.4) is 0 Å². The van der Waals surface area contributed by atoms with E-state index >= 15 is 0 Å². The SMILES string of the molecule is CCN(CC)S(=O)(=O)c1ccc(OC)c(NC(=O)c2ccc(C#N)cc2)c1. The van der Waals surface area contributed by atoms with Gasteiger partial charge in [-0.3, -0.25) is 4.79 Å². The maximum atomic E-state index is 12.7. The lowest BCUT2D eigenvalue weighted by atomic mass is 10.1. The number of anilines is 1. The fourth-order valence-electron chi connectivity index (χ4n) is 2.55. The average molecular weight is 387 g/mol. The van der Waals surface area contributed by atoms with Crippen molar-refractivity contribution in [2.75, 3.05) is 25.5 Å². The standard InChI is InChI=1S/C19H21N3O4S/c1-4-22(5-2)27(24,25)16-10-11-18(26-3)17(12-16)21-19(23)15-8-6-14(13-20)7-9-15/h6-12H,4-5H2,1-3H3,(H,21,23). The lowest BCUT2D eigenvalue weighted by molar-refractivity contribution is 0.102. The highest BCUT2D eigenvalue weighted by Crippen LogP contribution is 2.29. The Morgan fingerprint density at radius 2 is 1.78 bits per heavy atom. The molecule has 0 atom stereocenters. The minimum Gasteiger partial charge on any atom is -0.495 e. The molecule has 1 N–H and O–H groups in total. The first-order valence-corrected chi connectivity index (χ1v) is 9.81. The van der Waals surface area contributed by atoms with Crippen molar-refractivity contribution in [3.63, 3.8) is 0 Å². The Bertz CT molecular complexity index is 959. The molecule has 0 aliphatic carbocycles. The first-order chi connectivity index (χ1) is 12.9. The molecule has 0 heterocycles. The molecule has 1 amide bonds. The Morgan fingerprint density at radius 3 is 2.30 bits per heavy atom. The topological polar surface area (TPSA) is 99.5 Å². The first-order valence-electron chi connectivity index (χ1n) is 8.37. The van der Waals surface area contributed by atoms with Gasteiger partial charge in [0.2, 0.25) is 10.0 Å². The average Bonchev–Trinajstić information content (AvgIpc) is 2.68. The van der Waals surface area contributed by atoms with Gasteiger partial charge in [0.1, 0.15) is 5.75 Å². The molecule has 2 aromatic rings. The zero-order chi connectivity index (χ0) is 20.0. The zero-order valence-corrected chi connectivity index (χ0v) is 16.2. The molecule has 0 unspecified atom stereocenters. The minimum absolute atomic E-state index is 0.0714. The third-order valence-electron chi connectivity index (χ3n) is 4.04. The molecule has 142 valence electrons. The highest BCUT2D eigenvalue weighted by Gasteiger charge is 2.23. The van der Waals surface area contributed by atoms with Crippen molar-refractivity contribution in [2.24, 2.45) is 0 Å². The number of methoxy groups -OCH3 is 1. The predicted octanol–water partition coefficient (Wildman–Crippen LogP) is 2.85. The van der Waals surface area contributed by atoms with E-state index in [2.05, 4.69) is 5.32 Å². The second-order valence-corrected chi connectivity index (χ2v) is 7.53. The van der Waals surface area contributed by atoms with Crippen LogP contribution in [0.1, 0.15) is 29.8 Å². The summed E-state index contributed by atoms with van der Waals surface area (Å²) in [6.07, 6.45) is 0. The number of sulfonamides is 1. The van der Waals surface area contributed by atoms with E-state index in [-0.39, 0.29) is 10.6 Å². The summed E-state index contributed by atoms with van der Waals surface area (Å²) < 4.78 is 32.0. The number of carbonyl (C=O) groups excluding carboxylic acids is 1. The third-order valence-corrected chi connectivity index (χ3v) is 6.08. The Kier molecular flexibility index (Phi) is 6.55. The van der Waals surface area contributed by atoms with Gasteiger partial charge in [-0.05, 0) is 42.5 Å². The summed E-state index contributed by atoms with van der Waals surface area (Å²) in [5.41, 5.74) is 1.03. The van der Waals surface area contributed by atoms with Gasteiger partial charge in [0.15, 0.2) is 0 Å². The van der Waals surface area contributed by atoms with Crippen molar-refractivity contribution in [1.82, 2.24) is 4.31 Å². The van der Waals surface area contributed by atoms with Crippen LogP contribution in [0.25, 0.3) is 0 Å². The molecule has 7 nitrogen and oxygen atoms in total. The molecule has 8 heteroatoms. The minimum atomic E-state index is -3.67. The van der Waals surface area contributed by atoms with Crippen LogP contribution < -0.4 is 10.1 Å². The number of benzene rings is 2. The summed E-state index contributed by atoms with van der Waals surface area (Å²) in [7, 11) is -2.23. The van der Waals surface area contributed by atoms with Crippen molar-refractivity contribution in [3.05, 3.63) is 53.6 Å². The molecule has 0 aliphatic rings. The number of nitrogens with one attached hydrogen (secondary N) is 1. The van der Waals surface area contributed by atoms with Gasteiger partial charge in [-0.2, -0.15) is 9.57 Å². The Labute approximate surface area is 159 Å². The van der Waals surface area contributed by atoms with Gasteiger partial charge in [0.25, 0.3) is 5.91 Å². The van der Waals surface area contributed by atoms with Crippen molar-refractivity contribution < 1.29 is 17.9 Å². The van der Waals surface area contributed by atoms with Crippen LogP contribution in [-0.4, -0.2) is 38.8 Å². The molecule has 0 spiro atoms. The molecule has 0 saturated heterocycles. The van der Waals surface area contributed by atoms with E-state index < -0.39 is 15.9 Å². The molecule has 0 aromatic heterocycles. The molecule has 0 radical (unpaired) electrons. The maximum Gasteiger partial charge on any atom is 0.255 e. The van der Waals surface area contributed by atoms with Gasteiger partial charge in [0.05, 0.1) is 29.3 Å². The number of hydrogen-bond donors (Lipinski definition) is 1. The maximum absolute atomic E-state index is 12.7. The number of nitrogens with zero attached hydrogens (tertiary/aromatic N) is 2. The molecule has 0 bridgehead atoms. The Morgan fingerprint density at radius 1 is 1.15 bits per heavy atom. The van der Waals surface area contributed by atoms with Gasteiger partial charge in [0, 0.05) is 18.7 Å². The van der Waals surface area contributed by atoms with Crippen LogP contribution in [0, 0.1) is 11.3 Å². The fraction of sp³-hybridized carbons (Fsp3) is 0.263. The number of hydrogen-bond acceptors (Lipinski definition) is 5. The molecular formula is C19H21N3O4S. The lowest BCUT2D eigenvalue weighted by Crippen LogP contribution is -2.30. The highest BCUT2D eigenvalue weighted by atomic mass is 32.2. The van der Waals surface area contributed by atoms with E-state index in [1.165, 1.54) is 53.9 Å². The van der Waals surface area contributed by atoms with E-state index in [1.807, 2.05) is 6.07 Å². The van der Waals surface area contributed by atoms with Crippen molar-refractivity contribution in [2.45, 2.75) is 18.7 Å². The largest absolute Gasteiger partial charge is 0.495 e. The molecule has 0 aliphatic heterocycles. The van der Waals surface area contributed by atoms with Gasteiger partial charge >= 0.3 is 0 Å². The number of ether oxygens (including phenoxy) is 1. The van der Waals surface area contributed by atoms with E-state index in [9.17, 15) is 13.2 Å². The van der Waals surface area contributed by atoms with E-state index in [0.29, 0.717) is 30.0 Å². The predicted molar refractivity (Wildman–Crippen MR) is 102 cm³/mol. The molecule has 2 rings (SSSR count). The van der Waals surface area contributed by atoms with Gasteiger partial charge in [-0.1, -0.05) is 13.8 Å². The summed E-state index contributed by atoms with van der Waals surface area (Å²) in [4.78, 5) is 12.6. The van der Waals surface area contributed by atoms with Crippen molar-refractivity contribution in [3.8, 4) is 11.8 Å². The van der Waals surface area contributed by atoms with Crippen LogP contribution in [-0.2, 0) is 10.0 Å². The molecule has 2 aromatic carbocycles. The van der Waals surface area contributed by atoms with Crippen LogP contribution in [0.5, 0.6) is 5.75 Å². The molecular weight excluding hydrogens is 366 g/mol. The van der Waals surface area contributed by atoms with Crippen molar-refractivity contribution >= 4 is 21.6 Å². The first kappa shape index (κ1) is 20.4. The van der Waals surface area contributed by atoms with Gasteiger partial charge < -0.3 is 10.1 Å². The van der Waals surface area contributed by atoms with Gasteiger partial charge in [-0.15, -0.1) is 0 Å². The van der Waals surface area contributed by atoms with E-state index in [1.54, 1.807) is 13.8 Å². The highest BCUT2D eigenvalue weighted by molar-refractivity contribution is 7.89. The molecule has 0 fully saturated rings. The molecule has 0 saturated carbocycles. The molecule has 27 heavy (non-hydrogen) atoms. The van der Waals surface area contributed by atoms with Gasteiger partial charge in [-0.25, -0.2) is 8.42 Å². The van der Waals surface area contributed by atoms with Crippen molar-refractivity contribution in [1.29, 1.82) is 5.26 Å². The summed E-state index contributed by atoms with van der Waals surface area (Å²) >= 11 is 0. The third kappa shape index (κ3) is 4.45. The monoisotopic (exact) mass is 387 g/mol. The normalized spacial score (nSPS) is 11.1. The summed E-state index contributed by atoms with van der Waals surface area (Å²) in [6, 6.07) is 12.4. The number of carbonyl (C=O) groups is 1.